The predicted molar refractivity (Wildman–Crippen MR) is 121 cm³/mol. The minimum atomic E-state index is -3.40. The minimum absolute atomic E-state index is 0.295. The number of phosphoric acid groups is 1. The van der Waals surface area contributed by atoms with Crippen LogP contribution < -0.4 is 10.6 Å². The van der Waals surface area contributed by atoms with Gasteiger partial charge >= 0.3 is 13.9 Å². The van der Waals surface area contributed by atoms with Gasteiger partial charge in [0.15, 0.2) is 0 Å². The number of ether oxygens (including phenoxy) is 1. The predicted octanol–water partition coefficient (Wildman–Crippen LogP) is 2.31. The van der Waals surface area contributed by atoms with Crippen LogP contribution in [0.1, 0.15) is 41.0 Å². The number of piperazine rings is 1. The average molecular weight is 467 g/mol. The van der Waals surface area contributed by atoms with Crippen LogP contribution in [0.3, 0.4) is 0 Å². The van der Waals surface area contributed by atoms with E-state index in [2.05, 4.69) is 20.4 Å². The molecule has 0 spiro atoms. The van der Waals surface area contributed by atoms with Gasteiger partial charge in [0.2, 0.25) is 0 Å². The molecule has 0 saturated carbocycles. The topological polar surface area (TPSA) is 102 Å². The summed E-state index contributed by atoms with van der Waals surface area (Å²) < 4.78 is 32.9. The number of hydrogen-bond acceptors (Lipinski definition) is 9. The van der Waals surface area contributed by atoms with Gasteiger partial charge < -0.3 is 15.4 Å². The van der Waals surface area contributed by atoms with E-state index in [9.17, 15) is 9.36 Å². The number of alkyl carbamates (subject to hydrolysis) is 1. The van der Waals surface area contributed by atoms with Crippen LogP contribution in [-0.2, 0) is 22.9 Å². The molecule has 1 saturated heterocycles. The molecule has 10 nitrogen and oxygen atoms in total. The molecule has 1 heterocycles. The summed E-state index contributed by atoms with van der Waals surface area (Å²) in [6, 6.07) is 0. The number of nitrogens with one attached hydrogen (secondary N) is 2. The molecule has 1 fully saturated rings. The molecular formula is C20H43N4O6P. The van der Waals surface area contributed by atoms with Gasteiger partial charge in [-0.05, 0) is 47.6 Å². The highest BCUT2D eigenvalue weighted by Crippen LogP contribution is 2.49. The molecule has 1 amide bonds. The van der Waals surface area contributed by atoms with Gasteiger partial charge in [0.05, 0.1) is 19.8 Å². The summed E-state index contributed by atoms with van der Waals surface area (Å²) in [7, 11) is -3.40. The Bertz CT molecular complexity index is 528. The maximum atomic E-state index is 12.2. The molecule has 31 heavy (non-hydrogen) atoms. The van der Waals surface area contributed by atoms with Gasteiger partial charge in [0.1, 0.15) is 5.60 Å². The van der Waals surface area contributed by atoms with Crippen molar-refractivity contribution in [1.29, 1.82) is 0 Å². The van der Waals surface area contributed by atoms with Gasteiger partial charge in [-0.15, -0.1) is 0 Å². The van der Waals surface area contributed by atoms with E-state index in [1.54, 1.807) is 13.8 Å². The molecule has 0 aromatic rings. The molecular weight excluding hydrogens is 423 g/mol. The molecule has 0 bridgehead atoms. The lowest BCUT2D eigenvalue weighted by molar-refractivity contribution is 0.0516. The van der Waals surface area contributed by atoms with Gasteiger partial charge in [-0.1, -0.05) is 0 Å². The monoisotopic (exact) mass is 466 g/mol. The number of carbonyl (C=O) groups is 1. The van der Waals surface area contributed by atoms with Crippen LogP contribution in [0, 0.1) is 0 Å². The van der Waals surface area contributed by atoms with Crippen molar-refractivity contribution in [2.24, 2.45) is 0 Å². The Morgan fingerprint density at radius 3 is 1.97 bits per heavy atom. The number of carbonyl (C=O) groups excluding carboxylic acids is 1. The number of amides is 1. The van der Waals surface area contributed by atoms with Crippen molar-refractivity contribution < 1.29 is 27.7 Å². The van der Waals surface area contributed by atoms with E-state index in [0.717, 1.165) is 58.8 Å². The Hall–Kier alpha value is -0.740. The number of nitrogens with zero attached hydrogens (tertiary/aromatic N) is 2. The SMILES string of the molecule is CCOP(=O)(OCC)OCCCNCCN1CCN(CCNC(=O)OC(C)(C)C)CC1. The summed E-state index contributed by atoms with van der Waals surface area (Å²) in [5, 5.41) is 6.20. The van der Waals surface area contributed by atoms with Crippen LogP contribution >= 0.6 is 7.82 Å². The van der Waals surface area contributed by atoms with Crippen molar-refractivity contribution >= 4 is 13.9 Å². The maximum absolute atomic E-state index is 12.2. The van der Waals surface area contributed by atoms with E-state index < -0.39 is 13.4 Å². The first-order valence-corrected chi connectivity index (χ1v) is 12.8. The van der Waals surface area contributed by atoms with E-state index in [0.29, 0.717) is 26.4 Å². The Kier molecular flexibility index (Phi) is 13.8. The summed E-state index contributed by atoms with van der Waals surface area (Å²) in [5.74, 6) is 0. The van der Waals surface area contributed by atoms with Gasteiger partial charge in [-0.25, -0.2) is 9.36 Å². The second kappa shape index (κ2) is 15.2. The van der Waals surface area contributed by atoms with Crippen LogP contribution in [0.25, 0.3) is 0 Å². The zero-order valence-electron chi connectivity index (χ0n) is 20.0. The van der Waals surface area contributed by atoms with E-state index in [1.807, 2.05) is 20.8 Å². The summed E-state index contributed by atoms with van der Waals surface area (Å²) in [6.07, 6.45) is 0.379. The Morgan fingerprint density at radius 1 is 0.903 bits per heavy atom. The summed E-state index contributed by atoms with van der Waals surface area (Å²) in [6.45, 7) is 18.1. The second-order valence-corrected chi connectivity index (χ2v) is 10.0. The highest BCUT2D eigenvalue weighted by atomic mass is 31.2. The summed E-state index contributed by atoms with van der Waals surface area (Å²) >= 11 is 0. The lowest BCUT2D eigenvalue weighted by Gasteiger charge is -2.34. The lowest BCUT2D eigenvalue weighted by atomic mass is 10.2. The maximum Gasteiger partial charge on any atom is 0.474 e. The lowest BCUT2D eigenvalue weighted by Crippen LogP contribution is -2.49. The summed E-state index contributed by atoms with van der Waals surface area (Å²) in [4.78, 5) is 16.5. The normalized spacial score (nSPS) is 16.4. The highest BCUT2D eigenvalue weighted by molar-refractivity contribution is 7.48. The third-order valence-corrected chi connectivity index (χ3v) is 6.14. The molecule has 1 aliphatic heterocycles. The van der Waals surface area contributed by atoms with Crippen molar-refractivity contribution in [2.45, 2.75) is 46.6 Å². The second-order valence-electron chi connectivity index (χ2n) is 8.33. The van der Waals surface area contributed by atoms with Gasteiger partial charge in [-0.3, -0.25) is 23.4 Å². The van der Waals surface area contributed by atoms with Gasteiger partial charge in [0, 0.05) is 52.4 Å². The Labute approximate surface area is 187 Å². The third-order valence-electron chi connectivity index (χ3n) is 4.49. The van der Waals surface area contributed by atoms with Gasteiger partial charge in [0.25, 0.3) is 0 Å². The minimum Gasteiger partial charge on any atom is -0.444 e. The molecule has 11 heteroatoms. The average Bonchev–Trinajstić information content (AvgIpc) is 2.67. The zero-order chi connectivity index (χ0) is 23.2. The van der Waals surface area contributed by atoms with Crippen molar-refractivity contribution in [3.05, 3.63) is 0 Å². The van der Waals surface area contributed by atoms with Crippen molar-refractivity contribution in [1.82, 2.24) is 20.4 Å². The van der Waals surface area contributed by atoms with Crippen molar-refractivity contribution in [3.63, 3.8) is 0 Å². The molecule has 0 aromatic heterocycles. The molecule has 1 rings (SSSR count). The fraction of sp³-hybridized carbons (Fsp3) is 0.950. The quantitative estimate of drug-likeness (QED) is 0.278. The number of rotatable bonds is 15. The van der Waals surface area contributed by atoms with Crippen LogP contribution in [0.15, 0.2) is 0 Å². The number of hydrogen-bond donors (Lipinski definition) is 2. The first kappa shape index (κ1) is 28.3. The van der Waals surface area contributed by atoms with E-state index in [4.69, 9.17) is 18.3 Å². The molecule has 2 N–H and O–H groups in total. The molecule has 0 unspecified atom stereocenters. The first-order valence-electron chi connectivity index (χ1n) is 11.3. The largest absolute Gasteiger partial charge is 0.474 e. The third kappa shape index (κ3) is 14.1. The molecule has 0 aromatic carbocycles. The van der Waals surface area contributed by atoms with E-state index in [-0.39, 0.29) is 6.09 Å². The van der Waals surface area contributed by atoms with Crippen molar-refractivity contribution in [2.75, 3.05) is 78.7 Å². The molecule has 0 radical (unpaired) electrons. The Morgan fingerprint density at radius 2 is 1.45 bits per heavy atom. The van der Waals surface area contributed by atoms with Crippen molar-refractivity contribution in [3.8, 4) is 0 Å². The van der Waals surface area contributed by atoms with Crippen LogP contribution in [0.4, 0.5) is 4.79 Å². The van der Waals surface area contributed by atoms with Crippen LogP contribution in [0.5, 0.6) is 0 Å². The Balaban J connectivity index is 2.02. The molecule has 184 valence electrons. The molecule has 1 aliphatic rings. The van der Waals surface area contributed by atoms with E-state index in [1.165, 1.54) is 0 Å². The fourth-order valence-corrected chi connectivity index (χ4v) is 4.24. The first-order chi connectivity index (χ1) is 14.7. The van der Waals surface area contributed by atoms with Crippen LogP contribution in [-0.4, -0.2) is 100 Å². The fourth-order valence-electron chi connectivity index (χ4n) is 3.03. The van der Waals surface area contributed by atoms with Crippen LogP contribution in [0.2, 0.25) is 0 Å². The molecule has 0 aliphatic carbocycles. The molecule has 0 atom stereocenters. The standard InChI is InChI=1S/C20H43N4O6P/c1-6-27-31(26,28-7-2)29-18-8-9-21-10-12-23-14-16-24(17-15-23)13-11-22-19(25)30-20(3,4)5/h21H,6-18H2,1-5H3,(H,22,25). The zero-order valence-corrected chi connectivity index (χ0v) is 20.9. The smallest absolute Gasteiger partial charge is 0.444 e. The number of phosphoric ester groups is 1. The highest BCUT2D eigenvalue weighted by Gasteiger charge is 2.24. The summed E-state index contributed by atoms with van der Waals surface area (Å²) in [5.41, 5.74) is -0.467. The van der Waals surface area contributed by atoms with Gasteiger partial charge in [-0.2, -0.15) is 0 Å². The van der Waals surface area contributed by atoms with E-state index >= 15 is 0 Å².